The number of hydrogen-bond acceptors (Lipinski definition) is 2. The summed E-state index contributed by atoms with van der Waals surface area (Å²) in [5.74, 6) is 0. The second-order valence-corrected chi connectivity index (χ2v) is 5.05. The van der Waals surface area contributed by atoms with E-state index in [1.54, 1.807) is 11.3 Å². The second kappa shape index (κ2) is 5.45. The molecule has 15 heavy (non-hydrogen) atoms. The minimum atomic E-state index is 0.652. The van der Waals surface area contributed by atoms with E-state index < -0.39 is 0 Å². The Hall–Kier alpha value is -0.640. The Morgan fingerprint density at radius 3 is 2.67 bits per heavy atom. The van der Waals surface area contributed by atoms with E-state index in [1.807, 2.05) is 24.3 Å². The molecule has 78 valence electrons. The third-order valence-corrected chi connectivity index (χ3v) is 3.66. The van der Waals surface area contributed by atoms with Crippen LogP contribution in [-0.2, 0) is 18.0 Å². The third kappa shape index (κ3) is 3.16. The van der Waals surface area contributed by atoms with Crippen LogP contribution in [0.15, 0.2) is 46.3 Å². The Labute approximate surface area is 102 Å². The molecule has 0 aliphatic rings. The van der Waals surface area contributed by atoms with E-state index in [0.717, 1.165) is 4.47 Å². The molecule has 1 aromatic heterocycles. The molecule has 0 bridgehead atoms. The average Bonchev–Trinajstić information content (AvgIpc) is 2.74. The second-order valence-electron chi connectivity index (χ2n) is 3.16. The quantitative estimate of drug-likeness (QED) is 0.816. The van der Waals surface area contributed by atoms with Gasteiger partial charge in [-0.15, -0.1) is 11.3 Å². The standard InChI is InChI=1S/C12H11BrOS/c13-12-6-2-1-4-10(12)8-14-9-11-5-3-7-15-11/h1-7H,8-9H2. The number of rotatable bonds is 4. The zero-order chi connectivity index (χ0) is 10.5. The topological polar surface area (TPSA) is 9.23 Å². The lowest BCUT2D eigenvalue weighted by atomic mass is 10.2. The van der Waals surface area contributed by atoms with Gasteiger partial charge in [0.1, 0.15) is 0 Å². The molecular formula is C12H11BrOS. The molecular weight excluding hydrogens is 272 g/mol. The van der Waals surface area contributed by atoms with E-state index >= 15 is 0 Å². The van der Waals surface area contributed by atoms with Crippen LogP contribution in [-0.4, -0.2) is 0 Å². The SMILES string of the molecule is Brc1ccccc1COCc1cccs1. The van der Waals surface area contributed by atoms with E-state index in [9.17, 15) is 0 Å². The maximum atomic E-state index is 5.63. The molecule has 0 aliphatic carbocycles. The van der Waals surface area contributed by atoms with Crippen molar-refractivity contribution in [1.29, 1.82) is 0 Å². The molecule has 0 saturated carbocycles. The van der Waals surface area contributed by atoms with Gasteiger partial charge in [0.05, 0.1) is 13.2 Å². The average molecular weight is 283 g/mol. The van der Waals surface area contributed by atoms with Gasteiger partial charge in [0, 0.05) is 9.35 Å². The van der Waals surface area contributed by atoms with Gasteiger partial charge in [-0.1, -0.05) is 40.2 Å². The zero-order valence-electron chi connectivity index (χ0n) is 8.15. The summed E-state index contributed by atoms with van der Waals surface area (Å²) in [5.41, 5.74) is 1.19. The summed E-state index contributed by atoms with van der Waals surface area (Å²) in [7, 11) is 0. The minimum absolute atomic E-state index is 0.652. The molecule has 1 aromatic carbocycles. The van der Waals surface area contributed by atoms with Crippen molar-refractivity contribution in [2.45, 2.75) is 13.2 Å². The van der Waals surface area contributed by atoms with Gasteiger partial charge < -0.3 is 4.74 Å². The Kier molecular flexibility index (Phi) is 3.94. The number of thiophene rings is 1. The summed E-state index contributed by atoms with van der Waals surface area (Å²) in [6.45, 7) is 1.35. The van der Waals surface area contributed by atoms with Crippen molar-refractivity contribution >= 4 is 27.3 Å². The molecule has 0 atom stereocenters. The molecule has 2 rings (SSSR count). The highest BCUT2D eigenvalue weighted by Gasteiger charge is 1.99. The Morgan fingerprint density at radius 2 is 1.93 bits per heavy atom. The summed E-state index contributed by atoms with van der Waals surface area (Å²) < 4.78 is 6.73. The van der Waals surface area contributed by atoms with Gasteiger partial charge in [-0.05, 0) is 23.1 Å². The molecule has 0 unspecified atom stereocenters. The fourth-order valence-electron chi connectivity index (χ4n) is 1.27. The monoisotopic (exact) mass is 282 g/mol. The maximum absolute atomic E-state index is 5.63. The van der Waals surface area contributed by atoms with Crippen LogP contribution in [0.25, 0.3) is 0 Å². The van der Waals surface area contributed by atoms with Crippen molar-refractivity contribution < 1.29 is 4.74 Å². The summed E-state index contributed by atoms with van der Waals surface area (Å²) in [6.07, 6.45) is 0. The van der Waals surface area contributed by atoms with Gasteiger partial charge in [0.2, 0.25) is 0 Å². The van der Waals surface area contributed by atoms with Crippen LogP contribution in [0.2, 0.25) is 0 Å². The highest BCUT2D eigenvalue weighted by atomic mass is 79.9. The third-order valence-electron chi connectivity index (χ3n) is 2.04. The lowest BCUT2D eigenvalue weighted by Gasteiger charge is -2.04. The van der Waals surface area contributed by atoms with Gasteiger partial charge in [-0.25, -0.2) is 0 Å². The number of benzene rings is 1. The van der Waals surface area contributed by atoms with E-state index in [2.05, 4.69) is 33.4 Å². The summed E-state index contributed by atoms with van der Waals surface area (Å²) in [6, 6.07) is 12.3. The molecule has 0 aliphatic heterocycles. The molecule has 1 nitrogen and oxygen atoms in total. The fraction of sp³-hybridized carbons (Fsp3) is 0.167. The van der Waals surface area contributed by atoms with Gasteiger partial charge in [-0.3, -0.25) is 0 Å². The van der Waals surface area contributed by atoms with E-state index in [4.69, 9.17) is 4.74 Å². The summed E-state index contributed by atoms with van der Waals surface area (Å²) >= 11 is 5.22. The van der Waals surface area contributed by atoms with E-state index in [1.165, 1.54) is 10.4 Å². The van der Waals surface area contributed by atoms with Crippen LogP contribution in [0, 0.1) is 0 Å². The van der Waals surface area contributed by atoms with Crippen LogP contribution in [0.5, 0.6) is 0 Å². The predicted octanol–water partition coefficient (Wildman–Crippen LogP) is 4.23. The van der Waals surface area contributed by atoms with Crippen molar-refractivity contribution in [1.82, 2.24) is 0 Å². The molecule has 0 amide bonds. The number of ether oxygens (including phenoxy) is 1. The summed E-state index contributed by atoms with van der Waals surface area (Å²) in [4.78, 5) is 1.27. The van der Waals surface area contributed by atoms with Gasteiger partial charge >= 0.3 is 0 Å². The van der Waals surface area contributed by atoms with Crippen molar-refractivity contribution in [3.05, 3.63) is 56.7 Å². The fourth-order valence-corrected chi connectivity index (χ4v) is 2.31. The van der Waals surface area contributed by atoms with Crippen LogP contribution in [0.1, 0.15) is 10.4 Å². The molecule has 2 aromatic rings. The first-order valence-corrected chi connectivity index (χ1v) is 6.37. The van der Waals surface area contributed by atoms with Crippen LogP contribution in [0.3, 0.4) is 0 Å². The predicted molar refractivity (Wildman–Crippen MR) is 67.0 cm³/mol. The lowest BCUT2D eigenvalue weighted by molar-refractivity contribution is 0.109. The van der Waals surface area contributed by atoms with Crippen molar-refractivity contribution in [3.63, 3.8) is 0 Å². The minimum Gasteiger partial charge on any atom is -0.371 e. The largest absolute Gasteiger partial charge is 0.371 e. The van der Waals surface area contributed by atoms with Crippen molar-refractivity contribution in [2.75, 3.05) is 0 Å². The smallest absolute Gasteiger partial charge is 0.0813 e. The van der Waals surface area contributed by atoms with Crippen molar-refractivity contribution in [3.8, 4) is 0 Å². The van der Waals surface area contributed by atoms with Crippen LogP contribution >= 0.6 is 27.3 Å². The lowest BCUT2D eigenvalue weighted by Crippen LogP contribution is -1.93. The van der Waals surface area contributed by atoms with Crippen LogP contribution in [0.4, 0.5) is 0 Å². The molecule has 0 N–H and O–H groups in total. The van der Waals surface area contributed by atoms with Gasteiger partial charge in [0.15, 0.2) is 0 Å². The highest BCUT2D eigenvalue weighted by molar-refractivity contribution is 9.10. The first kappa shape index (κ1) is 10.9. The first-order valence-electron chi connectivity index (χ1n) is 4.70. The van der Waals surface area contributed by atoms with Gasteiger partial charge in [0.25, 0.3) is 0 Å². The normalized spacial score (nSPS) is 10.5. The van der Waals surface area contributed by atoms with Gasteiger partial charge in [-0.2, -0.15) is 0 Å². The summed E-state index contributed by atoms with van der Waals surface area (Å²) in [5, 5.41) is 2.07. The number of halogens is 1. The van der Waals surface area contributed by atoms with Crippen molar-refractivity contribution in [2.24, 2.45) is 0 Å². The zero-order valence-corrected chi connectivity index (χ0v) is 10.6. The van der Waals surface area contributed by atoms with E-state index in [0.29, 0.717) is 13.2 Å². The van der Waals surface area contributed by atoms with E-state index in [-0.39, 0.29) is 0 Å². The first-order chi connectivity index (χ1) is 7.36. The molecule has 0 spiro atoms. The Balaban J connectivity index is 1.86. The molecule has 0 fully saturated rings. The molecule has 0 saturated heterocycles. The molecule has 0 radical (unpaired) electrons. The highest BCUT2D eigenvalue weighted by Crippen LogP contribution is 2.18. The Morgan fingerprint density at radius 1 is 1.07 bits per heavy atom. The Bertz CT molecular complexity index is 411. The number of hydrogen-bond donors (Lipinski definition) is 0. The van der Waals surface area contributed by atoms with Crippen LogP contribution < -0.4 is 0 Å². The molecule has 3 heteroatoms. The molecule has 1 heterocycles. The maximum Gasteiger partial charge on any atom is 0.0813 e.